The molecular weight excluding hydrogens is 460 g/mol. The van der Waals surface area contributed by atoms with Gasteiger partial charge in [0.15, 0.2) is 5.78 Å². The summed E-state index contributed by atoms with van der Waals surface area (Å²) in [6.07, 6.45) is -4.41. The molecule has 0 saturated carbocycles. The summed E-state index contributed by atoms with van der Waals surface area (Å²) in [7, 11) is 0. The van der Waals surface area contributed by atoms with Crippen molar-refractivity contribution in [3.8, 4) is 0 Å². The summed E-state index contributed by atoms with van der Waals surface area (Å²) in [5.41, 5.74) is -0.00284. The van der Waals surface area contributed by atoms with Crippen LogP contribution in [-0.4, -0.2) is 5.78 Å². The zero-order valence-electron chi connectivity index (χ0n) is 10.5. The molecule has 0 aliphatic carbocycles. The first-order valence-electron chi connectivity index (χ1n) is 5.92. The Morgan fingerprint density at radius 1 is 1.10 bits per heavy atom. The molecule has 0 bridgehead atoms. The largest absolute Gasteiger partial charge is 0.417 e. The minimum absolute atomic E-state index is 0.0593. The molecule has 0 amide bonds. The molecule has 0 N–H and O–H groups in total. The summed E-state index contributed by atoms with van der Waals surface area (Å²) in [5, 5.41) is 0. The van der Waals surface area contributed by atoms with E-state index in [1.807, 2.05) is 12.1 Å². The van der Waals surface area contributed by atoms with Gasteiger partial charge in [0.25, 0.3) is 0 Å². The first kappa shape index (κ1) is 16.5. The maximum atomic E-state index is 12.8. The third kappa shape index (κ3) is 4.29. The molecule has 2 aromatic rings. The van der Waals surface area contributed by atoms with Crippen molar-refractivity contribution in [3.05, 3.63) is 67.2 Å². The highest BCUT2D eigenvalue weighted by Crippen LogP contribution is 2.35. The molecule has 0 spiro atoms. The van der Waals surface area contributed by atoms with Crippen LogP contribution in [0.5, 0.6) is 0 Å². The number of benzene rings is 2. The van der Waals surface area contributed by atoms with Crippen molar-refractivity contribution in [1.29, 1.82) is 0 Å². The fraction of sp³-hybridized carbons (Fsp3) is 0.133. The van der Waals surface area contributed by atoms with Crippen LogP contribution in [0.25, 0.3) is 0 Å². The second-order valence-corrected chi connectivity index (χ2v) is 6.52. The molecule has 0 heterocycles. The molecule has 0 radical (unpaired) electrons. The molecule has 0 atom stereocenters. The predicted molar refractivity (Wildman–Crippen MR) is 86.3 cm³/mol. The summed E-state index contributed by atoms with van der Waals surface area (Å²) in [4.78, 5) is 12.1. The summed E-state index contributed by atoms with van der Waals surface area (Å²) < 4.78 is 39.4. The normalized spacial score (nSPS) is 11.5. The van der Waals surface area contributed by atoms with Crippen molar-refractivity contribution in [3.63, 3.8) is 0 Å². The standard InChI is InChI=1S/C15H9BrF3IO/c16-13-6-3-10(8-12(13)15(17,18)19)14(21)7-9-1-4-11(20)5-2-9/h1-6,8H,7H2. The lowest BCUT2D eigenvalue weighted by molar-refractivity contribution is -0.138. The maximum Gasteiger partial charge on any atom is 0.417 e. The fourth-order valence-electron chi connectivity index (χ4n) is 1.81. The zero-order chi connectivity index (χ0) is 15.6. The molecule has 0 aliphatic rings. The van der Waals surface area contributed by atoms with E-state index >= 15 is 0 Å². The van der Waals surface area contributed by atoms with E-state index in [1.165, 1.54) is 12.1 Å². The summed E-state index contributed by atoms with van der Waals surface area (Å²) in [5.74, 6) is -0.339. The van der Waals surface area contributed by atoms with Crippen molar-refractivity contribution in [1.82, 2.24) is 0 Å². The Morgan fingerprint density at radius 2 is 1.71 bits per heavy atom. The molecule has 0 unspecified atom stereocenters. The third-order valence-electron chi connectivity index (χ3n) is 2.87. The lowest BCUT2D eigenvalue weighted by Crippen LogP contribution is -2.10. The topological polar surface area (TPSA) is 17.1 Å². The highest BCUT2D eigenvalue weighted by atomic mass is 127. The zero-order valence-corrected chi connectivity index (χ0v) is 14.3. The molecule has 110 valence electrons. The second kappa shape index (κ2) is 6.48. The van der Waals surface area contributed by atoms with Crippen LogP contribution in [0.15, 0.2) is 46.9 Å². The van der Waals surface area contributed by atoms with E-state index in [-0.39, 0.29) is 22.2 Å². The van der Waals surface area contributed by atoms with E-state index in [1.54, 1.807) is 12.1 Å². The highest BCUT2D eigenvalue weighted by molar-refractivity contribution is 14.1. The highest BCUT2D eigenvalue weighted by Gasteiger charge is 2.33. The predicted octanol–water partition coefficient (Wildman–Crippen LogP) is 5.50. The van der Waals surface area contributed by atoms with Gasteiger partial charge in [0.05, 0.1) is 5.56 Å². The molecule has 1 nitrogen and oxygen atoms in total. The van der Waals surface area contributed by atoms with Gasteiger partial charge >= 0.3 is 6.18 Å². The number of rotatable bonds is 3. The van der Waals surface area contributed by atoms with Gasteiger partial charge in [-0.25, -0.2) is 0 Å². The number of halogens is 5. The third-order valence-corrected chi connectivity index (χ3v) is 4.28. The number of carbonyl (C=O) groups is 1. The number of hydrogen-bond acceptors (Lipinski definition) is 1. The Hall–Kier alpha value is -0.890. The van der Waals surface area contributed by atoms with Crippen molar-refractivity contribution in [2.75, 3.05) is 0 Å². The molecule has 0 aromatic heterocycles. The number of ketones is 1. The summed E-state index contributed by atoms with van der Waals surface area (Å²) >= 11 is 5.00. The number of Topliss-reactive ketones (excluding diaryl/α,β-unsaturated/α-hetero) is 1. The van der Waals surface area contributed by atoms with Crippen LogP contribution < -0.4 is 0 Å². The lowest BCUT2D eigenvalue weighted by Gasteiger charge is -2.10. The summed E-state index contributed by atoms with van der Waals surface area (Å²) in [6.45, 7) is 0. The molecule has 2 aromatic carbocycles. The van der Waals surface area contributed by atoms with Crippen LogP contribution in [0, 0.1) is 3.57 Å². The van der Waals surface area contributed by atoms with Crippen molar-refractivity contribution in [2.24, 2.45) is 0 Å². The van der Waals surface area contributed by atoms with E-state index in [2.05, 4.69) is 38.5 Å². The molecule has 21 heavy (non-hydrogen) atoms. The van der Waals surface area contributed by atoms with Gasteiger partial charge in [0, 0.05) is 20.0 Å². The van der Waals surface area contributed by atoms with Crippen LogP contribution in [0.1, 0.15) is 21.5 Å². The first-order valence-corrected chi connectivity index (χ1v) is 7.79. The second-order valence-electron chi connectivity index (χ2n) is 4.42. The van der Waals surface area contributed by atoms with Gasteiger partial charge in [0.1, 0.15) is 0 Å². The lowest BCUT2D eigenvalue weighted by atomic mass is 10.0. The summed E-state index contributed by atoms with van der Waals surface area (Å²) in [6, 6.07) is 10.8. The van der Waals surface area contributed by atoms with Crippen molar-refractivity contribution in [2.45, 2.75) is 12.6 Å². The van der Waals surface area contributed by atoms with E-state index < -0.39 is 11.7 Å². The minimum atomic E-state index is -4.49. The van der Waals surface area contributed by atoms with Gasteiger partial charge in [-0.05, 0) is 52.4 Å². The molecule has 0 aliphatic heterocycles. The average molecular weight is 469 g/mol. The fourth-order valence-corrected chi connectivity index (χ4v) is 2.64. The Labute approximate surface area is 141 Å². The van der Waals surface area contributed by atoms with Crippen LogP contribution in [-0.2, 0) is 12.6 Å². The number of hydrogen-bond donors (Lipinski definition) is 0. The van der Waals surface area contributed by atoms with Crippen LogP contribution in [0.4, 0.5) is 13.2 Å². The van der Waals surface area contributed by atoms with E-state index in [0.717, 1.165) is 15.2 Å². The average Bonchev–Trinajstić information content (AvgIpc) is 2.40. The SMILES string of the molecule is O=C(Cc1ccc(I)cc1)c1ccc(Br)c(C(F)(F)F)c1. The van der Waals surface area contributed by atoms with Gasteiger partial charge in [-0.3, -0.25) is 4.79 Å². The monoisotopic (exact) mass is 468 g/mol. The minimum Gasteiger partial charge on any atom is -0.294 e. The van der Waals surface area contributed by atoms with E-state index in [4.69, 9.17) is 0 Å². The van der Waals surface area contributed by atoms with Crippen LogP contribution >= 0.6 is 38.5 Å². The molecule has 0 fully saturated rings. The van der Waals surface area contributed by atoms with Gasteiger partial charge in [-0.1, -0.05) is 34.1 Å². The van der Waals surface area contributed by atoms with Crippen molar-refractivity contribution < 1.29 is 18.0 Å². The first-order chi connectivity index (χ1) is 9.77. The van der Waals surface area contributed by atoms with E-state index in [0.29, 0.717) is 0 Å². The Morgan fingerprint density at radius 3 is 2.29 bits per heavy atom. The molecule has 0 saturated heterocycles. The smallest absolute Gasteiger partial charge is 0.294 e. The number of carbonyl (C=O) groups excluding carboxylic acids is 1. The van der Waals surface area contributed by atoms with Gasteiger partial charge in [-0.2, -0.15) is 13.2 Å². The van der Waals surface area contributed by atoms with Crippen molar-refractivity contribution >= 4 is 44.3 Å². The molecule has 2 rings (SSSR count). The van der Waals surface area contributed by atoms with Gasteiger partial charge in [-0.15, -0.1) is 0 Å². The quantitative estimate of drug-likeness (QED) is 0.429. The Balaban J connectivity index is 2.25. The Bertz CT molecular complexity index is 666. The van der Waals surface area contributed by atoms with Gasteiger partial charge < -0.3 is 0 Å². The van der Waals surface area contributed by atoms with Crippen LogP contribution in [0.3, 0.4) is 0 Å². The van der Waals surface area contributed by atoms with E-state index in [9.17, 15) is 18.0 Å². The van der Waals surface area contributed by atoms with Gasteiger partial charge in [0.2, 0.25) is 0 Å². The molecular formula is C15H9BrF3IO. The Kier molecular flexibility index (Phi) is 5.08. The molecule has 6 heteroatoms. The maximum absolute atomic E-state index is 12.8. The van der Waals surface area contributed by atoms with Crippen LogP contribution in [0.2, 0.25) is 0 Å². The number of alkyl halides is 3.